The first-order valence-electron chi connectivity index (χ1n) is 29.2. The third kappa shape index (κ3) is 8.87. The Morgan fingerprint density at radius 2 is 1.33 bits per heavy atom. The van der Waals surface area contributed by atoms with Crippen LogP contribution in [0.5, 0.6) is 5.75 Å². The number of para-hydroxylation sites is 1. The molecular weight excluding hydrogens is 767 g/mol. The molecule has 0 saturated heterocycles. The summed E-state index contributed by atoms with van der Waals surface area (Å²) in [6.45, 7) is 6.73. The average molecular weight is 846 g/mol. The van der Waals surface area contributed by atoms with E-state index in [0.29, 0.717) is 45.0 Å². The third-order valence-electron chi connectivity index (χ3n) is 11.3. The van der Waals surface area contributed by atoms with Crippen molar-refractivity contribution >= 4 is 11.0 Å². The van der Waals surface area contributed by atoms with E-state index in [1.165, 1.54) is 0 Å². The standard InChI is InChI=1S/C59H63N3O/c1-37(2)29-39-21-26-52(49(31-39)41-17-14-13-15-18-41)62-53-20-16-19-48(54(53)61-56(62)50-36-46(58(7,8)9)30-38(3)55(50)63)43-32-44(34-47(33-43)59(10,11)12)51-35-42(27-28-60-51)40-22-24-45(25-23-40)57(4,5)6/h13-28,30-37,63H,29H2,1-12H3/i4D3,5D3,6D3,22D,23D,24D,25D,27D,28D,35D. The molecule has 0 amide bonds. The van der Waals surface area contributed by atoms with Crippen LogP contribution in [-0.4, -0.2) is 19.6 Å². The molecule has 2 heterocycles. The lowest BCUT2D eigenvalue weighted by Crippen LogP contribution is -2.12. The monoisotopic (exact) mass is 846 g/mol. The van der Waals surface area contributed by atoms with Crippen molar-refractivity contribution in [2.24, 2.45) is 5.92 Å². The van der Waals surface area contributed by atoms with Gasteiger partial charge in [-0.1, -0.05) is 161 Å². The predicted octanol–water partition coefficient (Wildman–Crippen LogP) is 15.9. The minimum atomic E-state index is -3.92. The Morgan fingerprint density at radius 3 is 2.02 bits per heavy atom. The van der Waals surface area contributed by atoms with E-state index in [4.69, 9.17) is 22.8 Å². The first-order chi connectivity index (χ1) is 36.4. The number of imidazole rings is 1. The molecule has 8 aromatic rings. The van der Waals surface area contributed by atoms with Gasteiger partial charge in [0, 0.05) is 35.2 Å². The summed E-state index contributed by atoms with van der Waals surface area (Å²) in [6.07, 6.45) is 0.118. The second-order valence-electron chi connectivity index (χ2n) is 18.9. The fraction of sp³-hybridized carbons (Fsp3) is 0.288. The Kier molecular flexibility index (Phi) is 7.24. The van der Waals surface area contributed by atoms with Crippen LogP contribution < -0.4 is 0 Å². The second-order valence-corrected chi connectivity index (χ2v) is 18.9. The molecule has 8 rings (SSSR count). The maximum Gasteiger partial charge on any atom is 0.149 e. The number of hydrogen-bond donors (Lipinski definition) is 1. The third-order valence-corrected chi connectivity index (χ3v) is 11.3. The van der Waals surface area contributed by atoms with E-state index in [1.54, 1.807) is 12.1 Å². The van der Waals surface area contributed by atoms with Crippen LogP contribution in [0.15, 0.2) is 139 Å². The van der Waals surface area contributed by atoms with Crippen LogP contribution in [0.2, 0.25) is 0 Å². The number of nitrogens with zero attached hydrogens (tertiary/aromatic N) is 3. The average Bonchev–Trinajstić information content (AvgIpc) is 2.86. The molecule has 0 bridgehead atoms. The van der Waals surface area contributed by atoms with E-state index in [-0.39, 0.29) is 22.4 Å². The summed E-state index contributed by atoms with van der Waals surface area (Å²) < 4.78 is 141. The van der Waals surface area contributed by atoms with Gasteiger partial charge in [0.25, 0.3) is 0 Å². The molecular formula is C59H63N3O. The summed E-state index contributed by atoms with van der Waals surface area (Å²) in [6, 6.07) is 25.5. The summed E-state index contributed by atoms with van der Waals surface area (Å²) in [4.78, 5) is 9.89. The van der Waals surface area contributed by atoms with Gasteiger partial charge in [-0.05, 0) is 134 Å². The Morgan fingerprint density at radius 1 is 0.635 bits per heavy atom. The molecule has 0 aliphatic carbocycles. The number of aromatic hydroxyl groups is 1. The maximum absolute atomic E-state index is 12.1. The number of rotatable bonds is 8. The highest BCUT2D eigenvalue weighted by atomic mass is 16.3. The van der Waals surface area contributed by atoms with Gasteiger partial charge in [-0.25, -0.2) is 4.98 Å². The number of phenols is 1. The van der Waals surface area contributed by atoms with Gasteiger partial charge in [0.05, 0.1) is 37.6 Å². The summed E-state index contributed by atoms with van der Waals surface area (Å²) in [7, 11) is 0. The molecule has 4 nitrogen and oxygen atoms in total. The van der Waals surface area contributed by atoms with Crippen LogP contribution in [0, 0.1) is 12.8 Å². The largest absolute Gasteiger partial charge is 0.507 e. The predicted molar refractivity (Wildman–Crippen MR) is 267 cm³/mol. The van der Waals surface area contributed by atoms with Gasteiger partial charge in [0.2, 0.25) is 0 Å². The number of fused-ring (bicyclic) bond motifs is 1. The Labute approximate surface area is 398 Å². The molecule has 0 fully saturated rings. The van der Waals surface area contributed by atoms with Gasteiger partial charge in [-0.3, -0.25) is 9.55 Å². The highest BCUT2D eigenvalue weighted by Crippen LogP contribution is 2.44. The number of pyridine rings is 1. The maximum atomic E-state index is 12.1. The van der Waals surface area contributed by atoms with E-state index in [2.05, 4.69) is 74.5 Å². The Balaban J connectivity index is 1.44. The first-order valence-corrected chi connectivity index (χ1v) is 21.2. The van der Waals surface area contributed by atoms with E-state index < -0.39 is 90.5 Å². The molecule has 0 spiro atoms. The van der Waals surface area contributed by atoms with Crippen LogP contribution in [0.3, 0.4) is 0 Å². The minimum Gasteiger partial charge on any atom is -0.507 e. The van der Waals surface area contributed by atoms with Crippen LogP contribution in [0.1, 0.15) is 126 Å². The van der Waals surface area contributed by atoms with Crippen molar-refractivity contribution in [2.45, 2.75) is 106 Å². The molecule has 63 heavy (non-hydrogen) atoms. The molecule has 6 aromatic carbocycles. The van der Waals surface area contributed by atoms with Crippen LogP contribution >= 0.6 is 0 Å². The Bertz CT molecular complexity index is 3640. The van der Waals surface area contributed by atoms with Gasteiger partial charge >= 0.3 is 0 Å². The van der Waals surface area contributed by atoms with Crippen LogP contribution in [0.25, 0.3) is 72.7 Å². The van der Waals surface area contributed by atoms with E-state index in [0.717, 1.165) is 39.9 Å². The van der Waals surface area contributed by atoms with Gasteiger partial charge in [0.15, 0.2) is 0 Å². The van der Waals surface area contributed by atoms with Crippen LogP contribution in [-0.2, 0) is 22.7 Å². The van der Waals surface area contributed by atoms with Gasteiger partial charge < -0.3 is 5.11 Å². The number of benzene rings is 6. The van der Waals surface area contributed by atoms with Crippen molar-refractivity contribution in [3.63, 3.8) is 0 Å². The van der Waals surface area contributed by atoms with Crippen molar-refractivity contribution in [2.75, 3.05) is 0 Å². The molecule has 0 atom stereocenters. The molecule has 0 radical (unpaired) electrons. The number of aromatic nitrogens is 3. The number of hydrogen-bond acceptors (Lipinski definition) is 3. The lowest BCUT2D eigenvalue weighted by molar-refractivity contribution is 0.471. The highest BCUT2D eigenvalue weighted by Gasteiger charge is 2.26. The zero-order valence-electron chi connectivity index (χ0n) is 53.3. The van der Waals surface area contributed by atoms with Gasteiger partial charge in [-0.15, -0.1) is 0 Å². The summed E-state index contributed by atoms with van der Waals surface area (Å²) in [5.41, 5.74) is 1.80. The summed E-state index contributed by atoms with van der Waals surface area (Å²) >= 11 is 0. The molecule has 0 saturated carbocycles. The van der Waals surface area contributed by atoms with Crippen molar-refractivity contribution < 1.29 is 27.0 Å². The van der Waals surface area contributed by atoms with Crippen molar-refractivity contribution in [3.05, 3.63) is 167 Å². The molecule has 0 aliphatic rings. The van der Waals surface area contributed by atoms with E-state index in [9.17, 15) is 9.22 Å². The smallest absolute Gasteiger partial charge is 0.149 e. The molecule has 0 aliphatic heterocycles. The SMILES string of the molecule is [2H]c1nc(-c2cc(-c3cccc4c3nc(-c3cc(C(C)(C)C)cc(C)c3O)n4-c3ccc(CC(C)C)cc3-c3ccccc3)cc(C(C)(C)C)c2)c([2H])c(-c2c([2H])c([2H])c(C(C([2H])([2H])[2H])(C([2H])([2H])[2H])C([2H])([2H])[2H])c([2H])c2[2H])c1[2H]. The minimum absolute atomic E-state index is 0.0669. The van der Waals surface area contributed by atoms with Gasteiger partial charge in [-0.2, -0.15) is 0 Å². The molecule has 2 aromatic heterocycles. The quantitative estimate of drug-likeness (QED) is 0.166. The molecule has 1 N–H and O–H groups in total. The van der Waals surface area contributed by atoms with Gasteiger partial charge in [0.1, 0.15) is 11.6 Å². The van der Waals surface area contributed by atoms with Crippen molar-refractivity contribution in [1.82, 2.24) is 14.5 Å². The zero-order valence-corrected chi connectivity index (χ0v) is 37.3. The van der Waals surface area contributed by atoms with E-state index in [1.807, 2.05) is 82.3 Å². The lowest BCUT2D eigenvalue weighted by atomic mass is 9.83. The van der Waals surface area contributed by atoms with E-state index >= 15 is 0 Å². The van der Waals surface area contributed by atoms with Crippen molar-refractivity contribution in [1.29, 1.82) is 0 Å². The number of phenolic OH excluding ortho intramolecular Hbond substituents is 1. The first kappa shape index (κ1) is 27.7. The van der Waals surface area contributed by atoms with Crippen LogP contribution in [0.4, 0.5) is 0 Å². The Hall–Kier alpha value is -6.26. The zero-order chi connectivity index (χ0) is 58.6. The molecule has 4 heteroatoms. The summed E-state index contributed by atoms with van der Waals surface area (Å²) in [5, 5.41) is 12.1. The topological polar surface area (TPSA) is 50.9 Å². The normalized spacial score (nSPS) is 16.7. The van der Waals surface area contributed by atoms with Crippen molar-refractivity contribution in [3.8, 4) is 67.5 Å². The highest BCUT2D eigenvalue weighted by molar-refractivity contribution is 5.98. The lowest BCUT2D eigenvalue weighted by Gasteiger charge is -2.22. The second kappa shape index (κ2) is 16.5. The molecule has 320 valence electrons. The fourth-order valence-electron chi connectivity index (χ4n) is 7.92. The number of aryl methyl sites for hydroxylation is 1. The molecule has 0 unspecified atom stereocenters. The fourth-order valence-corrected chi connectivity index (χ4v) is 7.92. The summed E-state index contributed by atoms with van der Waals surface area (Å²) in [5.74, 6) is 0.924.